The van der Waals surface area contributed by atoms with E-state index in [4.69, 9.17) is 16.9 Å². The second-order valence-corrected chi connectivity index (χ2v) is 7.47. The predicted octanol–water partition coefficient (Wildman–Crippen LogP) is 7.85. The average Bonchev–Trinajstić information content (AvgIpc) is 2.78. The van der Waals surface area contributed by atoms with Crippen molar-refractivity contribution in [2.24, 2.45) is 0 Å². The SMILES string of the molecule is N#Cc1ccc(-c2c3ccccc3c(-c3ccc(Cl)cc3)c3ccccc23)cc1. The molecule has 0 aliphatic rings. The molecule has 0 aliphatic carbocycles. The van der Waals surface area contributed by atoms with Gasteiger partial charge in [0.2, 0.25) is 0 Å². The summed E-state index contributed by atoms with van der Waals surface area (Å²) in [5.41, 5.74) is 5.33. The Labute approximate surface area is 174 Å². The van der Waals surface area contributed by atoms with Gasteiger partial charge in [-0.3, -0.25) is 0 Å². The molecular formula is C27H16ClN. The van der Waals surface area contributed by atoms with E-state index in [1.807, 2.05) is 36.4 Å². The summed E-state index contributed by atoms with van der Waals surface area (Å²) in [6, 6.07) is 35.1. The van der Waals surface area contributed by atoms with Crippen LogP contribution in [0.1, 0.15) is 5.56 Å². The van der Waals surface area contributed by atoms with Crippen LogP contribution in [0.3, 0.4) is 0 Å². The van der Waals surface area contributed by atoms with E-state index in [-0.39, 0.29) is 0 Å². The van der Waals surface area contributed by atoms with Gasteiger partial charge in [0.1, 0.15) is 0 Å². The van der Waals surface area contributed by atoms with E-state index in [0.29, 0.717) is 5.56 Å². The summed E-state index contributed by atoms with van der Waals surface area (Å²) in [4.78, 5) is 0. The number of hydrogen-bond donors (Lipinski definition) is 0. The third kappa shape index (κ3) is 2.95. The van der Waals surface area contributed by atoms with Gasteiger partial charge in [-0.15, -0.1) is 0 Å². The monoisotopic (exact) mass is 389 g/mol. The number of fused-ring (bicyclic) bond motifs is 2. The maximum atomic E-state index is 9.17. The first-order valence-corrected chi connectivity index (χ1v) is 9.84. The van der Waals surface area contributed by atoms with Gasteiger partial charge in [-0.05, 0) is 68.1 Å². The fourth-order valence-electron chi connectivity index (χ4n) is 4.08. The average molecular weight is 390 g/mol. The van der Waals surface area contributed by atoms with Gasteiger partial charge >= 0.3 is 0 Å². The third-order valence-corrected chi connectivity index (χ3v) is 5.62. The fraction of sp³-hybridized carbons (Fsp3) is 0. The van der Waals surface area contributed by atoms with Crippen LogP contribution in [0.15, 0.2) is 97.1 Å². The van der Waals surface area contributed by atoms with Crippen molar-refractivity contribution in [2.45, 2.75) is 0 Å². The molecule has 0 atom stereocenters. The first kappa shape index (κ1) is 17.5. The Balaban J connectivity index is 1.93. The summed E-state index contributed by atoms with van der Waals surface area (Å²) >= 11 is 6.14. The van der Waals surface area contributed by atoms with Gasteiger partial charge in [-0.1, -0.05) is 84.4 Å². The first-order chi connectivity index (χ1) is 14.3. The zero-order chi connectivity index (χ0) is 19.8. The number of hydrogen-bond acceptors (Lipinski definition) is 1. The summed E-state index contributed by atoms with van der Waals surface area (Å²) in [7, 11) is 0. The molecule has 0 aromatic heterocycles. The standard InChI is InChI=1S/C27H16ClN/c28-21-15-13-20(14-16-21)27-24-7-3-1-5-22(24)26(23-6-2-4-8-25(23)27)19-11-9-18(17-29)10-12-19/h1-16H. The topological polar surface area (TPSA) is 23.8 Å². The van der Waals surface area contributed by atoms with Crippen molar-refractivity contribution in [3.63, 3.8) is 0 Å². The third-order valence-electron chi connectivity index (χ3n) is 5.37. The largest absolute Gasteiger partial charge is 0.192 e. The van der Waals surface area contributed by atoms with Crippen molar-refractivity contribution in [3.8, 4) is 28.3 Å². The van der Waals surface area contributed by atoms with E-state index in [0.717, 1.165) is 16.1 Å². The van der Waals surface area contributed by atoms with Crippen molar-refractivity contribution >= 4 is 33.1 Å². The van der Waals surface area contributed by atoms with Gasteiger partial charge in [0.25, 0.3) is 0 Å². The minimum absolute atomic E-state index is 0.667. The number of nitriles is 1. The van der Waals surface area contributed by atoms with Crippen molar-refractivity contribution in [3.05, 3.63) is 108 Å². The summed E-state index contributed by atoms with van der Waals surface area (Å²) in [5, 5.41) is 14.7. The highest BCUT2D eigenvalue weighted by Crippen LogP contribution is 2.43. The zero-order valence-electron chi connectivity index (χ0n) is 15.6. The molecule has 0 heterocycles. The van der Waals surface area contributed by atoms with E-state index in [1.54, 1.807) is 0 Å². The fourth-order valence-corrected chi connectivity index (χ4v) is 4.20. The molecule has 0 radical (unpaired) electrons. The molecule has 29 heavy (non-hydrogen) atoms. The van der Waals surface area contributed by atoms with E-state index in [9.17, 15) is 0 Å². The van der Waals surface area contributed by atoms with Crippen molar-refractivity contribution in [1.29, 1.82) is 5.26 Å². The van der Waals surface area contributed by atoms with Crippen LogP contribution in [-0.4, -0.2) is 0 Å². The molecule has 0 unspecified atom stereocenters. The Kier molecular flexibility index (Phi) is 4.28. The molecule has 0 fully saturated rings. The lowest BCUT2D eigenvalue weighted by Gasteiger charge is -2.17. The maximum Gasteiger partial charge on any atom is 0.0991 e. The van der Waals surface area contributed by atoms with E-state index in [2.05, 4.69) is 66.7 Å². The molecular weight excluding hydrogens is 374 g/mol. The second-order valence-electron chi connectivity index (χ2n) is 7.04. The second kappa shape index (κ2) is 7.09. The highest BCUT2D eigenvalue weighted by Gasteiger charge is 2.16. The van der Waals surface area contributed by atoms with Crippen molar-refractivity contribution < 1.29 is 0 Å². The van der Waals surface area contributed by atoms with Crippen LogP contribution < -0.4 is 0 Å². The normalized spacial score (nSPS) is 10.9. The Morgan fingerprint density at radius 1 is 0.517 bits per heavy atom. The van der Waals surface area contributed by atoms with Gasteiger partial charge in [0, 0.05) is 5.02 Å². The molecule has 136 valence electrons. The highest BCUT2D eigenvalue weighted by atomic mass is 35.5. The van der Waals surface area contributed by atoms with Crippen LogP contribution in [0.2, 0.25) is 5.02 Å². The van der Waals surface area contributed by atoms with Crippen LogP contribution in [0.4, 0.5) is 0 Å². The molecule has 0 amide bonds. The molecule has 0 spiro atoms. The Bertz CT molecular complexity index is 1330. The molecule has 1 nitrogen and oxygen atoms in total. The van der Waals surface area contributed by atoms with Gasteiger partial charge in [0.15, 0.2) is 0 Å². The van der Waals surface area contributed by atoms with Crippen LogP contribution in [-0.2, 0) is 0 Å². The molecule has 0 bridgehead atoms. The number of rotatable bonds is 2. The molecule has 2 heteroatoms. The maximum absolute atomic E-state index is 9.17. The van der Waals surface area contributed by atoms with E-state index >= 15 is 0 Å². The van der Waals surface area contributed by atoms with E-state index in [1.165, 1.54) is 32.7 Å². The smallest absolute Gasteiger partial charge is 0.0991 e. The summed E-state index contributed by atoms with van der Waals surface area (Å²) in [6.45, 7) is 0. The highest BCUT2D eigenvalue weighted by molar-refractivity contribution is 6.30. The van der Waals surface area contributed by atoms with Crippen LogP contribution >= 0.6 is 11.6 Å². The molecule has 5 aromatic rings. The molecule has 0 N–H and O–H groups in total. The zero-order valence-corrected chi connectivity index (χ0v) is 16.3. The lowest BCUT2D eigenvalue weighted by Crippen LogP contribution is -1.90. The van der Waals surface area contributed by atoms with Crippen LogP contribution in [0.5, 0.6) is 0 Å². The van der Waals surface area contributed by atoms with Crippen LogP contribution in [0.25, 0.3) is 43.8 Å². The minimum Gasteiger partial charge on any atom is -0.192 e. The first-order valence-electron chi connectivity index (χ1n) is 9.46. The Morgan fingerprint density at radius 2 is 0.897 bits per heavy atom. The molecule has 5 rings (SSSR count). The van der Waals surface area contributed by atoms with E-state index < -0.39 is 0 Å². The number of halogens is 1. The molecule has 0 saturated heterocycles. The van der Waals surface area contributed by atoms with Crippen molar-refractivity contribution in [2.75, 3.05) is 0 Å². The number of nitrogens with zero attached hydrogens (tertiary/aromatic N) is 1. The van der Waals surface area contributed by atoms with Crippen LogP contribution in [0, 0.1) is 11.3 Å². The summed E-state index contributed by atoms with van der Waals surface area (Å²) in [5.74, 6) is 0. The summed E-state index contributed by atoms with van der Waals surface area (Å²) in [6.07, 6.45) is 0. The molecule has 5 aromatic carbocycles. The minimum atomic E-state index is 0.667. The Hall–Kier alpha value is -3.60. The summed E-state index contributed by atoms with van der Waals surface area (Å²) < 4.78 is 0. The Morgan fingerprint density at radius 3 is 1.28 bits per heavy atom. The van der Waals surface area contributed by atoms with Gasteiger partial charge in [-0.2, -0.15) is 5.26 Å². The predicted molar refractivity (Wildman–Crippen MR) is 122 cm³/mol. The van der Waals surface area contributed by atoms with Gasteiger partial charge < -0.3 is 0 Å². The lowest BCUT2D eigenvalue weighted by molar-refractivity contribution is 1.49. The number of benzene rings is 5. The van der Waals surface area contributed by atoms with Gasteiger partial charge in [-0.25, -0.2) is 0 Å². The lowest BCUT2D eigenvalue weighted by atomic mass is 9.86. The molecule has 0 aliphatic heterocycles. The molecule has 0 saturated carbocycles. The van der Waals surface area contributed by atoms with Crippen molar-refractivity contribution in [1.82, 2.24) is 0 Å². The quantitative estimate of drug-likeness (QED) is 0.282. The van der Waals surface area contributed by atoms with Gasteiger partial charge in [0.05, 0.1) is 11.6 Å².